The van der Waals surface area contributed by atoms with Gasteiger partial charge in [-0.1, -0.05) is 0 Å². The van der Waals surface area contributed by atoms with E-state index < -0.39 is 0 Å². The number of halogens is 1. The molecule has 2 aromatic rings. The normalized spacial score (nSPS) is 10.9. The van der Waals surface area contributed by atoms with Gasteiger partial charge in [0.25, 0.3) is 0 Å². The summed E-state index contributed by atoms with van der Waals surface area (Å²) in [5, 5.41) is 3.45. The summed E-state index contributed by atoms with van der Waals surface area (Å²) < 4.78 is 2.63. The Balaban J connectivity index is 2.94. The van der Waals surface area contributed by atoms with Crippen LogP contribution in [-0.2, 0) is 0 Å². The lowest BCUT2D eigenvalue weighted by Crippen LogP contribution is -1.81. The molecule has 0 N–H and O–H groups in total. The number of thiophene rings is 1. The number of hydrogen-bond acceptors (Lipinski definition) is 2. The molecule has 0 aliphatic carbocycles. The molecule has 0 bridgehead atoms. The monoisotopic (exact) mass is 306 g/mol. The summed E-state index contributed by atoms with van der Waals surface area (Å²) >= 11 is 8.60. The van der Waals surface area contributed by atoms with Crippen LogP contribution in [-0.4, -0.2) is 0 Å². The molecular formula is C9H7IS2. The van der Waals surface area contributed by atoms with Crippen molar-refractivity contribution < 1.29 is 0 Å². The minimum absolute atomic E-state index is 1.11. The van der Waals surface area contributed by atoms with Gasteiger partial charge in [-0.25, -0.2) is 0 Å². The van der Waals surface area contributed by atoms with Crippen molar-refractivity contribution in [2.75, 3.05) is 0 Å². The van der Waals surface area contributed by atoms with Crippen LogP contribution in [0.1, 0.15) is 5.56 Å². The summed E-state index contributed by atoms with van der Waals surface area (Å²) in [5.41, 5.74) is 1.26. The smallest absolute Gasteiger partial charge is 0.0356 e. The van der Waals surface area contributed by atoms with Crippen molar-refractivity contribution in [3.05, 3.63) is 26.6 Å². The Labute approximate surface area is 94.5 Å². The lowest BCUT2D eigenvalue weighted by Gasteiger charge is -2.02. The fourth-order valence-electron chi connectivity index (χ4n) is 1.18. The van der Waals surface area contributed by atoms with Crippen molar-refractivity contribution in [1.29, 1.82) is 0 Å². The molecule has 0 saturated heterocycles. The van der Waals surface area contributed by atoms with Crippen LogP contribution < -0.4 is 0 Å². The lowest BCUT2D eigenvalue weighted by molar-refractivity contribution is 1.31. The Kier molecular flexibility index (Phi) is 2.35. The summed E-state index contributed by atoms with van der Waals surface area (Å²) in [4.78, 5) is 1.11. The van der Waals surface area contributed by atoms with Crippen molar-refractivity contribution in [2.45, 2.75) is 11.8 Å². The summed E-state index contributed by atoms with van der Waals surface area (Å²) in [7, 11) is 0. The first kappa shape index (κ1) is 8.84. The van der Waals surface area contributed by atoms with Gasteiger partial charge in [0.15, 0.2) is 0 Å². The molecule has 0 saturated carbocycles. The molecule has 0 amide bonds. The van der Waals surface area contributed by atoms with Gasteiger partial charge < -0.3 is 0 Å². The number of aryl methyl sites for hydroxylation is 1. The third kappa shape index (κ3) is 1.28. The average Bonchev–Trinajstić information content (AvgIpc) is 2.48. The predicted octanol–water partition coefficient (Wildman–Crippen LogP) is 4.10. The van der Waals surface area contributed by atoms with Crippen molar-refractivity contribution in [3.63, 3.8) is 0 Å². The van der Waals surface area contributed by atoms with Crippen molar-refractivity contribution in [1.82, 2.24) is 0 Å². The second kappa shape index (κ2) is 3.20. The van der Waals surface area contributed by atoms with Gasteiger partial charge in [-0.15, -0.1) is 24.0 Å². The highest BCUT2D eigenvalue weighted by Crippen LogP contribution is 2.32. The minimum Gasteiger partial charge on any atom is -0.144 e. The van der Waals surface area contributed by atoms with Gasteiger partial charge in [-0.3, -0.25) is 0 Å². The van der Waals surface area contributed by atoms with E-state index in [-0.39, 0.29) is 0 Å². The van der Waals surface area contributed by atoms with E-state index in [1.54, 1.807) is 11.3 Å². The molecule has 0 fully saturated rings. The van der Waals surface area contributed by atoms with Crippen molar-refractivity contribution in [2.24, 2.45) is 0 Å². The van der Waals surface area contributed by atoms with Gasteiger partial charge in [0.2, 0.25) is 0 Å². The summed E-state index contributed by atoms with van der Waals surface area (Å²) in [6.07, 6.45) is 0. The van der Waals surface area contributed by atoms with Crippen LogP contribution in [0.5, 0.6) is 0 Å². The molecule has 2 rings (SSSR count). The molecule has 12 heavy (non-hydrogen) atoms. The third-order valence-corrected chi connectivity index (χ3v) is 4.85. The molecule has 62 valence electrons. The molecule has 1 aromatic carbocycles. The van der Waals surface area contributed by atoms with E-state index in [4.69, 9.17) is 0 Å². The fraction of sp³-hybridized carbons (Fsp3) is 0.111. The second-order valence-corrected chi connectivity index (χ2v) is 5.16. The van der Waals surface area contributed by atoms with E-state index in [0.29, 0.717) is 0 Å². The molecule has 1 aromatic heterocycles. The van der Waals surface area contributed by atoms with Gasteiger partial charge in [-0.2, -0.15) is 0 Å². The quantitative estimate of drug-likeness (QED) is 0.550. The van der Waals surface area contributed by atoms with E-state index in [0.717, 1.165) is 4.90 Å². The van der Waals surface area contributed by atoms with E-state index in [1.165, 1.54) is 19.2 Å². The molecule has 0 aliphatic heterocycles. The number of rotatable bonds is 0. The molecule has 3 heteroatoms. The van der Waals surface area contributed by atoms with Gasteiger partial charge in [0.1, 0.15) is 0 Å². The number of benzene rings is 1. The molecule has 0 radical (unpaired) electrons. The molecule has 0 atom stereocenters. The molecule has 0 nitrogen and oxygen atoms in total. The number of hydrogen-bond donors (Lipinski definition) is 1. The van der Waals surface area contributed by atoms with Crippen LogP contribution in [0.2, 0.25) is 0 Å². The van der Waals surface area contributed by atoms with Gasteiger partial charge in [0.05, 0.1) is 0 Å². The van der Waals surface area contributed by atoms with Gasteiger partial charge >= 0.3 is 0 Å². The summed E-state index contributed by atoms with van der Waals surface area (Å²) in [5.74, 6) is 0. The van der Waals surface area contributed by atoms with Crippen LogP contribution in [0.15, 0.2) is 22.4 Å². The zero-order valence-corrected chi connectivity index (χ0v) is 10.3. The molecule has 0 unspecified atom stereocenters. The van der Waals surface area contributed by atoms with E-state index in [9.17, 15) is 0 Å². The van der Waals surface area contributed by atoms with E-state index in [2.05, 4.69) is 59.7 Å². The molecule has 0 spiro atoms. The fourth-order valence-corrected chi connectivity index (χ4v) is 3.34. The highest BCUT2D eigenvalue weighted by molar-refractivity contribution is 14.1. The maximum absolute atomic E-state index is 4.46. The third-order valence-electron chi connectivity index (χ3n) is 1.86. The molecule has 1 heterocycles. The predicted molar refractivity (Wildman–Crippen MR) is 66.5 cm³/mol. The first-order valence-corrected chi connectivity index (χ1v) is 5.96. The van der Waals surface area contributed by atoms with Crippen LogP contribution in [0.3, 0.4) is 0 Å². The Morgan fingerprint density at radius 1 is 1.50 bits per heavy atom. The van der Waals surface area contributed by atoms with E-state index >= 15 is 0 Å². The first-order valence-electron chi connectivity index (χ1n) is 3.55. The van der Waals surface area contributed by atoms with Crippen LogP contribution in [0.4, 0.5) is 0 Å². The lowest BCUT2D eigenvalue weighted by atomic mass is 10.2. The van der Waals surface area contributed by atoms with E-state index in [1.807, 2.05) is 0 Å². The summed E-state index contributed by atoms with van der Waals surface area (Å²) in [6.45, 7) is 2.10. The Morgan fingerprint density at radius 3 is 3.00 bits per heavy atom. The Morgan fingerprint density at radius 2 is 2.25 bits per heavy atom. The van der Waals surface area contributed by atoms with Crippen molar-refractivity contribution >= 4 is 56.6 Å². The first-order chi connectivity index (χ1) is 5.70. The Bertz CT molecular complexity index is 431. The average molecular weight is 306 g/mol. The SMILES string of the molecule is Cc1cc2sccc2c(I)c1S. The molecule has 0 aliphatic rings. The van der Waals surface area contributed by atoms with Crippen molar-refractivity contribution in [3.8, 4) is 0 Å². The summed E-state index contributed by atoms with van der Waals surface area (Å²) in [6, 6.07) is 4.35. The zero-order chi connectivity index (χ0) is 8.72. The highest BCUT2D eigenvalue weighted by Gasteiger charge is 2.05. The standard InChI is InChI=1S/C9H7IS2/c1-5-4-7-6(2-3-12-7)8(10)9(5)11/h2-4,11H,1H3. The van der Waals surface area contributed by atoms with Gasteiger partial charge in [0, 0.05) is 18.6 Å². The maximum atomic E-state index is 4.46. The highest BCUT2D eigenvalue weighted by atomic mass is 127. The zero-order valence-electron chi connectivity index (χ0n) is 6.47. The topological polar surface area (TPSA) is 0 Å². The number of thiol groups is 1. The number of fused-ring (bicyclic) bond motifs is 1. The Hall–Kier alpha value is 0.260. The van der Waals surface area contributed by atoms with Crippen LogP contribution >= 0.6 is 46.6 Å². The largest absolute Gasteiger partial charge is 0.144 e. The maximum Gasteiger partial charge on any atom is 0.0356 e. The molecular weight excluding hydrogens is 299 g/mol. The minimum atomic E-state index is 1.11. The van der Waals surface area contributed by atoms with Crippen LogP contribution in [0, 0.1) is 10.5 Å². The van der Waals surface area contributed by atoms with Crippen LogP contribution in [0.25, 0.3) is 10.1 Å². The second-order valence-electron chi connectivity index (χ2n) is 2.69. The van der Waals surface area contributed by atoms with Gasteiger partial charge in [-0.05, 0) is 52.6 Å².